The second kappa shape index (κ2) is 7.49. The summed E-state index contributed by atoms with van der Waals surface area (Å²) in [4.78, 5) is 6.70. The van der Waals surface area contributed by atoms with Crippen molar-refractivity contribution in [3.63, 3.8) is 0 Å². The van der Waals surface area contributed by atoms with Crippen LogP contribution in [0.2, 0.25) is 0 Å². The largest absolute Gasteiger partial charge is 0.385 e. The fraction of sp³-hybridized carbons (Fsp3) is 0.917. The first kappa shape index (κ1) is 13.3. The van der Waals surface area contributed by atoms with Gasteiger partial charge in [0.25, 0.3) is 0 Å². The summed E-state index contributed by atoms with van der Waals surface area (Å²) in [6, 6.07) is 0. The number of rotatable bonds is 4. The van der Waals surface area contributed by atoms with Crippen LogP contribution in [0, 0.1) is 5.92 Å². The van der Waals surface area contributed by atoms with Gasteiger partial charge >= 0.3 is 0 Å². The van der Waals surface area contributed by atoms with Gasteiger partial charge in [-0.3, -0.25) is 4.99 Å². The molecule has 0 aromatic rings. The maximum absolute atomic E-state index is 5.03. The summed E-state index contributed by atoms with van der Waals surface area (Å²) in [5, 5.41) is 3.39. The fourth-order valence-corrected chi connectivity index (χ4v) is 2.13. The normalized spacial score (nSPS) is 22.3. The molecule has 1 N–H and O–H groups in total. The number of methoxy groups -OCH3 is 1. The Bertz CT molecular complexity index is 218. The predicted octanol–water partition coefficient (Wildman–Crippen LogP) is 1.33. The third-order valence-corrected chi connectivity index (χ3v) is 2.98. The number of ether oxygens (including phenoxy) is 1. The minimum atomic E-state index is 0.784. The number of piperidine rings is 1. The zero-order valence-corrected chi connectivity index (χ0v) is 10.8. The van der Waals surface area contributed by atoms with E-state index < -0.39 is 0 Å². The third-order valence-electron chi connectivity index (χ3n) is 2.98. The van der Waals surface area contributed by atoms with Crippen molar-refractivity contribution in [2.75, 3.05) is 40.4 Å². The van der Waals surface area contributed by atoms with E-state index in [1.807, 2.05) is 7.05 Å². The number of guanidine groups is 1. The molecule has 0 spiro atoms. The van der Waals surface area contributed by atoms with E-state index in [0.29, 0.717) is 0 Å². The molecule has 0 amide bonds. The van der Waals surface area contributed by atoms with Gasteiger partial charge in [-0.25, -0.2) is 0 Å². The van der Waals surface area contributed by atoms with Crippen LogP contribution in [0.1, 0.15) is 26.2 Å². The standard InChI is InChI=1S/C12H25N3O/c1-11-6-4-8-15(10-11)12(13-2)14-7-5-9-16-3/h11H,4-10H2,1-3H3,(H,13,14). The Hall–Kier alpha value is -0.770. The molecule has 4 heteroatoms. The van der Waals surface area contributed by atoms with E-state index in [-0.39, 0.29) is 0 Å². The van der Waals surface area contributed by atoms with Crippen molar-refractivity contribution >= 4 is 5.96 Å². The van der Waals surface area contributed by atoms with Crippen molar-refractivity contribution < 1.29 is 4.74 Å². The summed E-state index contributed by atoms with van der Waals surface area (Å²) in [5.41, 5.74) is 0. The molecule has 0 radical (unpaired) electrons. The number of nitrogens with one attached hydrogen (secondary N) is 1. The van der Waals surface area contributed by atoms with Gasteiger partial charge in [0.2, 0.25) is 0 Å². The van der Waals surface area contributed by atoms with Crippen LogP contribution >= 0.6 is 0 Å². The first-order valence-electron chi connectivity index (χ1n) is 6.22. The summed E-state index contributed by atoms with van der Waals surface area (Å²) < 4.78 is 5.03. The van der Waals surface area contributed by atoms with Crippen LogP contribution in [0.5, 0.6) is 0 Å². The molecule has 0 bridgehead atoms. The number of likely N-dealkylation sites (tertiary alicyclic amines) is 1. The molecular weight excluding hydrogens is 202 g/mol. The average Bonchev–Trinajstić information content (AvgIpc) is 2.29. The van der Waals surface area contributed by atoms with Gasteiger partial charge in [-0.15, -0.1) is 0 Å². The van der Waals surface area contributed by atoms with Gasteiger partial charge in [-0.05, 0) is 25.2 Å². The molecule has 1 aliphatic heterocycles. The number of nitrogens with zero attached hydrogens (tertiary/aromatic N) is 2. The third kappa shape index (κ3) is 4.39. The Morgan fingerprint density at radius 2 is 2.38 bits per heavy atom. The molecule has 16 heavy (non-hydrogen) atoms. The smallest absolute Gasteiger partial charge is 0.193 e. The zero-order valence-electron chi connectivity index (χ0n) is 10.8. The Morgan fingerprint density at radius 1 is 1.56 bits per heavy atom. The molecule has 1 saturated heterocycles. The van der Waals surface area contributed by atoms with Gasteiger partial charge < -0.3 is 15.0 Å². The van der Waals surface area contributed by atoms with Crippen LogP contribution < -0.4 is 5.32 Å². The average molecular weight is 227 g/mol. The van der Waals surface area contributed by atoms with Gasteiger partial charge in [0, 0.05) is 40.4 Å². The highest BCUT2D eigenvalue weighted by molar-refractivity contribution is 5.79. The molecule has 1 aliphatic rings. The first-order valence-corrected chi connectivity index (χ1v) is 6.22. The SMILES string of the molecule is CN=C(NCCCOC)N1CCCC(C)C1. The minimum absolute atomic E-state index is 0.784. The van der Waals surface area contributed by atoms with Gasteiger partial charge in [0.05, 0.1) is 0 Å². The lowest BCUT2D eigenvalue weighted by molar-refractivity contribution is 0.195. The summed E-state index contributed by atoms with van der Waals surface area (Å²) in [5.74, 6) is 1.83. The molecule has 94 valence electrons. The van der Waals surface area contributed by atoms with E-state index >= 15 is 0 Å². The fourth-order valence-electron chi connectivity index (χ4n) is 2.13. The van der Waals surface area contributed by atoms with Gasteiger partial charge in [-0.2, -0.15) is 0 Å². The van der Waals surface area contributed by atoms with Crippen LogP contribution in [-0.4, -0.2) is 51.3 Å². The Kier molecular flexibility index (Phi) is 6.23. The number of hydrogen-bond donors (Lipinski definition) is 1. The number of hydrogen-bond acceptors (Lipinski definition) is 2. The first-order chi connectivity index (χ1) is 7.77. The van der Waals surface area contributed by atoms with E-state index in [9.17, 15) is 0 Å². The topological polar surface area (TPSA) is 36.9 Å². The lowest BCUT2D eigenvalue weighted by Gasteiger charge is -2.33. The minimum Gasteiger partial charge on any atom is -0.385 e. The lowest BCUT2D eigenvalue weighted by atomic mass is 10.0. The van der Waals surface area contributed by atoms with Crippen molar-refractivity contribution in [3.8, 4) is 0 Å². The quantitative estimate of drug-likeness (QED) is 0.447. The molecular formula is C12H25N3O. The van der Waals surface area contributed by atoms with Crippen molar-refractivity contribution in [2.45, 2.75) is 26.2 Å². The molecule has 1 rings (SSSR count). The van der Waals surface area contributed by atoms with Crippen LogP contribution in [-0.2, 0) is 4.74 Å². The van der Waals surface area contributed by atoms with Crippen molar-refractivity contribution in [2.24, 2.45) is 10.9 Å². The summed E-state index contributed by atoms with van der Waals surface area (Å²) in [6.07, 6.45) is 3.65. The molecule has 0 aromatic heterocycles. The van der Waals surface area contributed by atoms with E-state index in [4.69, 9.17) is 4.74 Å². The summed E-state index contributed by atoms with van der Waals surface area (Å²) >= 11 is 0. The van der Waals surface area contributed by atoms with E-state index in [1.165, 1.54) is 12.8 Å². The molecule has 1 unspecified atom stereocenters. The molecule has 4 nitrogen and oxygen atoms in total. The van der Waals surface area contributed by atoms with Gasteiger partial charge in [0.15, 0.2) is 5.96 Å². The second-order valence-electron chi connectivity index (χ2n) is 4.51. The Morgan fingerprint density at radius 3 is 3.00 bits per heavy atom. The molecule has 0 saturated carbocycles. The van der Waals surface area contributed by atoms with Crippen LogP contribution in [0.15, 0.2) is 4.99 Å². The summed E-state index contributed by atoms with van der Waals surface area (Å²) in [6.45, 7) is 6.31. The van der Waals surface area contributed by atoms with Crippen LogP contribution in [0.4, 0.5) is 0 Å². The highest BCUT2D eigenvalue weighted by Gasteiger charge is 2.18. The van der Waals surface area contributed by atoms with Gasteiger partial charge in [0.1, 0.15) is 0 Å². The van der Waals surface area contributed by atoms with Crippen molar-refractivity contribution in [1.82, 2.24) is 10.2 Å². The van der Waals surface area contributed by atoms with Crippen molar-refractivity contribution in [3.05, 3.63) is 0 Å². The predicted molar refractivity (Wildman–Crippen MR) is 67.8 cm³/mol. The maximum atomic E-state index is 5.03. The second-order valence-corrected chi connectivity index (χ2v) is 4.51. The van der Waals surface area contributed by atoms with E-state index in [0.717, 1.165) is 44.5 Å². The highest BCUT2D eigenvalue weighted by atomic mass is 16.5. The van der Waals surface area contributed by atoms with E-state index in [1.54, 1.807) is 7.11 Å². The van der Waals surface area contributed by atoms with Crippen molar-refractivity contribution in [1.29, 1.82) is 0 Å². The molecule has 1 fully saturated rings. The summed E-state index contributed by atoms with van der Waals surface area (Å²) in [7, 11) is 3.60. The lowest BCUT2D eigenvalue weighted by Crippen LogP contribution is -2.46. The molecule has 1 heterocycles. The Labute approximate surface area is 99.1 Å². The number of aliphatic imine (C=N–C) groups is 1. The van der Waals surface area contributed by atoms with Crippen LogP contribution in [0.3, 0.4) is 0 Å². The monoisotopic (exact) mass is 227 g/mol. The molecule has 0 aromatic carbocycles. The van der Waals surface area contributed by atoms with Crippen LogP contribution in [0.25, 0.3) is 0 Å². The van der Waals surface area contributed by atoms with Gasteiger partial charge in [-0.1, -0.05) is 6.92 Å². The van der Waals surface area contributed by atoms with E-state index in [2.05, 4.69) is 22.1 Å². The molecule has 0 aliphatic carbocycles. The Balaban J connectivity index is 2.30. The maximum Gasteiger partial charge on any atom is 0.193 e. The molecule has 1 atom stereocenters. The zero-order chi connectivity index (χ0) is 11.8. The highest BCUT2D eigenvalue weighted by Crippen LogP contribution is 2.15.